The van der Waals surface area contributed by atoms with E-state index in [1.54, 1.807) is 12.4 Å². The molecule has 2 aromatic rings. The highest BCUT2D eigenvalue weighted by Gasteiger charge is 2.32. The second-order valence-electron chi connectivity index (χ2n) is 4.22. The maximum atomic E-state index is 12.5. The Kier molecular flexibility index (Phi) is 4.11. The standard InChI is InChI=1S/C12H14F3N5/c13-12(14,15)10-6-9(8(16)7-20-10)17-3-1-2-11-18-4-5-19-11/h4-7H,1-3,16H2,(H,17,20)(H,18,19). The molecule has 2 aromatic heterocycles. The second-order valence-corrected chi connectivity index (χ2v) is 4.22. The predicted molar refractivity (Wildman–Crippen MR) is 69.0 cm³/mol. The van der Waals surface area contributed by atoms with Crippen molar-refractivity contribution in [1.82, 2.24) is 15.0 Å². The van der Waals surface area contributed by atoms with Gasteiger partial charge in [0, 0.05) is 25.4 Å². The molecule has 20 heavy (non-hydrogen) atoms. The highest BCUT2D eigenvalue weighted by atomic mass is 19.4. The van der Waals surface area contributed by atoms with E-state index in [-0.39, 0.29) is 11.4 Å². The number of aryl methyl sites for hydroxylation is 1. The number of hydrogen-bond donors (Lipinski definition) is 3. The van der Waals surface area contributed by atoms with Gasteiger partial charge in [0.15, 0.2) is 0 Å². The molecule has 0 saturated carbocycles. The Morgan fingerprint density at radius 1 is 1.30 bits per heavy atom. The molecular weight excluding hydrogens is 271 g/mol. The lowest BCUT2D eigenvalue weighted by Gasteiger charge is -2.12. The zero-order valence-electron chi connectivity index (χ0n) is 10.5. The first-order chi connectivity index (χ1) is 9.47. The lowest BCUT2D eigenvalue weighted by atomic mass is 10.2. The zero-order valence-corrected chi connectivity index (χ0v) is 10.5. The van der Waals surface area contributed by atoms with Gasteiger partial charge in [-0.1, -0.05) is 0 Å². The molecule has 0 aliphatic carbocycles. The smallest absolute Gasteiger partial charge is 0.396 e. The first-order valence-corrected chi connectivity index (χ1v) is 6.01. The number of anilines is 2. The number of nitrogens with one attached hydrogen (secondary N) is 2. The molecule has 0 aliphatic heterocycles. The molecule has 0 amide bonds. The van der Waals surface area contributed by atoms with Gasteiger partial charge < -0.3 is 16.0 Å². The van der Waals surface area contributed by atoms with Crippen LogP contribution in [0.1, 0.15) is 17.9 Å². The molecule has 0 spiro atoms. The summed E-state index contributed by atoms with van der Waals surface area (Å²) in [5, 5.41) is 2.88. The molecule has 0 saturated heterocycles. The second kappa shape index (κ2) is 5.81. The van der Waals surface area contributed by atoms with E-state index in [1.807, 2.05) is 0 Å². The number of halogens is 3. The van der Waals surface area contributed by atoms with Crippen LogP contribution in [0.25, 0.3) is 0 Å². The van der Waals surface area contributed by atoms with Crippen LogP contribution >= 0.6 is 0 Å². The van der Waals surface area contributed by atoms with Crippen molar-refractivity contribution in [2.75, 3.05) is 17.6 Å². The van der Waals surface area contributed by atoms with Crippen LogP contribution in [0.15, 0.2) is 24.7 Å². The molecule has 0 aliphatic rings. The molecule has 0 unspecified atom stereocenters. The van der Waals surface area contributed by atoms with Crippen molar-refractivity contribution in [3.05, 3.63) is 36.2 Å². The molecule has 5 nitrogen and oxygen atoms in total. The third-order valence-corrected chi connectivity index (χ3v) is 2.69. The van der Waals surface area contributed by atoms with Gasteiger partial charge >= 0.3 is 6.18 Å². The first kappa shape index (κ1) is 14.2. The lowest BCUT2D eigenvalue weighted by Crippen LogP contribution is -2.11. The maximum absolute atomic E-state index is 12.5. The van der Waals surface area contributed by atoms with Gasteiger partial charge in [-0.25, -0.2) is 9.97 Å². The Hall–Kier alpha value is -2.25. The Morgan fingerprint density at radius 2 is 2.10 bits per heavy atom. The minimum atomic E-state index is -4.47. The summed E-state index contributed by atoms with van der Waals surface area (Å²) in [4.78, 5) is 10.3. The van der Waals surface area contributed by atoms with E-state index in [1.165, 1.54) is 0 Å². The van der Waals surface area contributed by atoms with Gasteiger partial charge in [0.1, 0.15) is 11.5 Å². The molecule has 108 valence electrons. The van der Waals surface area contributed by atoms with E-state index >= 15 is 0 Å². The number of hydrogen-bond acceptors (Lipinski definition) is 4. The number of rotatable bonds is 5. The average Bonchev–Trinajstić information content (AvgIpc) is 2.88. The number of aromatic nitrogens is 3. The minimum absolute atomic E-state index is 0.191. The molecule has 0 atom stereocenters. The lowest BCUT2D eigenvalue weighted by molar-refractivity contribution is -0.141. The number of nitrogens with zero attached hydrogens (tertiary/aromatic N) is 2. The summed E-state index contributed by atoms with van der Waals surface area (Å²) in [5.41, 5.74) is 5.07. The van der Waals surface area contributed by atoms with Gasteiger partial charge in [0.25, 0.3) is 0 Å². The van der Waals surface area contributed by atoms with Gasteiger partial charge in [-0.15, -0.1) is 0 Å². The molecular formula is C12H14F3N5. The summed E-state index contributed by atoms with van der Waals surface area (Å²) < 4.78 is 37.6. The van der Waals surface area contributed by atoms with Crippen molar-refractivity contribution in [2.24, 2.45) is 0 Å². The molecule has 4 N–H and O–H groups in total. The summed E-state index contributed by atoms with van der Waals surface area (Å²) in [5.74, 6) is 0.838. The largest absolute Gasteiger partial charge is 0.433 e. The monoisotopic (exact) mass is 285 g/mol. The number of aromatic amines is 1. The van der Waals surface area contributed by atoms with Crippen molar-refractivity contribution in [3.8, 4) is 0 Å². The van der Waals surface area contributed by atoms with Crippen LogP contribution in [0.2, 0.25) is 0 Å². The first-order valence-electron chi connectivity index (χ1n) is 6.01. The summed E-state index contributed by atoms with van der Waals surface area (Å²) >= 11 is 0. The van der Waals surface area contributed by atoms with Crippen molar-refractivity contribution in [2.45, 2.75) is 19.0 Å². The van der Waals surface area contributed by atoms with Crippen LogP contribution in [0.3, 0.4) is 0 Å². The van der Waals surface area contributed by atoms with Gasteiger partial charge in [-0.3, -0.25) is 0 Å². The van der Waals surface area contributed by atoms with Gasteiger partial charge in [0.2, 0.25) is 0 Å². The molecule has 2 rings (SSSR count). The van der Waals surface area contributed by atoms with Crippen molar-refractivity contribution in [1.29, 1.82) is 0 Å². The fourth-order valence-electron chi connectivity index (χ4n) is 1.69. The summed E-state index contributed by atoms with van der Waals surface area (Å²) in [6.45, 7) is 0.492. The number of alkyl halides is 3. The Labute approximate surface area is 113 Å². The number of nitrogens with two attached hydrogens (primary N) is 1. The van der Waals surface area contributed by atoms with Gasteiger partial charge in [-0.05, 0) is 12.5 Å². The highest BCUT2D eigenvalue weighted by molar-refractivity contribution is 5.65. The van der Waals surface area contributed by atoms with Gasteiger partial charge in [-0.2, -0.15) is 13.2 Å². The quantitative estimate of drug-likeness (QED) is 0.737. The summed E-state index contributed by atoms with van der Waals surface area (Å²) in [7, 11) is 0. The van der Waals surface area contributed by atoms with E-state index in [9.17, 15) is 13.2 Å². The van der Waals surface area contributed by atoms with Crippen LogP contribution in [0, 0.1) is 0 Å². The van der Waals surface area contributed by atoms with Crippen LogP contribution in [-0.2, 0) is 12.6 Å². The SMILES string of the molecule is Nc1cnc(C(F)(F)F)cc1NCCCc1ncc[nH]1. The van der Waals surface area contributed by atoms with E-state index in [0.29, 0.717) is 13.0 Å². The van der Waals surface area contributed by atoms with Crippen LogP contribution in [0.4, 0.5) is 24.5 Å². The van der Waals surface area contributed by atoms with E-state index in [0.717, 1.165) is 24.5 Å². The van der Waals surface area contributed by atoms with E-state index in [2.05, 4.69) is 20.3 Å². The number of pyridine rings is 1. The summed E-state index contributed by atoms with van der Waals surface area (Å²) in [6, 6.07) is 0.919. The van der Waals surface area contributed by atoms with Crippen molar-refractivity contribution < 1.29 is 13.2 Å². The molecule has 2 heterocycles. The Balaban J connectivity index is 1.91. The van der Waals surface area contributed by atoms with E-state index < -0.39 is 11.9 Å². The molecule has 0 aromatic carbocycles. The normalized spacial score (nSPS) is 11.6. The van der Waals surface area contributed by atoms with Crippen LogP contribution in [0.5, 0.6) is 0 Å². The van der Waals surface area contributed by atoms with Crippen LogP contribution < -0.4 is 11.1 Å². The third-order valence-electron chi connectivity index (χ3n) is 2.69. The minimum Gasteiger partial charge on any atom is -0.396 e. The molecule has 0 fully saturated rings. The highest BCUT2D eigenvalue weighted by Crippen LogP contribution is 2.30. The van der Waals surface area contributed by atoms with Crippen LogP contribution in [-0.4, -0.2) is 21.5 Å². The molecule has 0 radical (unpaired) electrons. The van der Waals surface area contributed by atoms with Crippen molar-refractivity contribution in [3.63, 3.8) is 0 Å². The molecule has 8 heteroatoms. The topological polar surface area (TPSA) is 79.6 Å². The fourth-order valence-corrected chi connectivity index (χ4v) is 1.69. The van der Waals surface area contributed by atoms with Crippen molar-refractivity contribution >= 4 is 11.4 Å². The average molecular weight is 285 g/mol. The van der Waals surface area contributed by atoms with Gasteiger partial charge in [0.05, 0.1) is 17.6 Å². The fraction of sp³-hybridized carbons (Fsp3) is 0.333. The summed E-state index contributed by atoms with van der Waals surface area (Å²) in [6.07, 6.45) is 1.34. The maximum Gasteiger partial charge on any atom is 0.433 e. The number of nitrogen functional groups attached to an aromatic ring is 1. The van der Waals surface area contributed by atoms with E-state index in [4.69, 9.17) is 5.73 Å². The Bertz CT molecular complexity index is 551. The number of H-pyrrole nitrogens is 1. The predicted octanol–water partition coefficient (Wildman–Crippen LogP) is 2.45. The number of imidazole rings is 1. The third kappa shape index (κ3) is 3.62. The zero-order chi connectivity index (χ0) is 14.6. The molecule has 0 bridgehead atoms. The Morgan fingerprint density at radius 3 is 2.75 bits per heavy atom.